The lowest BCUT2D eigenvalue weighted by Crippen LogP contribution is -2.60. The fourth-order valence-corrected chi connectivity index (χ4v) is 4.18. The van der Waals surface area contributed by atoms with E-state index in [4.69, 9.17) is 0 Å². The molecule has 1 aliphatic rings. The first kappa shape index (κ1) is 21.5. The number of fused-ring (bicyclic) bond motifs is 1. The molecule has 2 N–H and O–H groups in total. The van der Waals surface area contributed by atoms with Crippen LogP contribution in [0.2, 0.25) is 0 Å². The van der Waals surface area contributed by atoms with Crippen LogP contribution in [0.5, 0.6) is 0 Å². The number of benzene rings is 1. The molecule has 0 radical (unpaired) electrons. The van der Waals surface area contributed by atoms with Gasteiger partial charge in [-0.3, -0.25) is 19.0 Å². The summed E-state index contributed by atoms with van der Waals surface area (Å²) >= 11 is 3.36. The second-order valence-corrected chi connectivity index (χ2v) is 8.56. The van der Waals surface area contributed by atoms with Gasteiger partial charge in [0.2, 0.25) is 11.8 Å². The highest BCUT2D eigenvalue weighted by atomic mass is 79.9. The van der Waals surface area contributed by atoms with Gasteiger partial charge in [0.15, 0.2) is 0 Å². The minimum Gasteiger partial charge on any atom is -0.354 e. The SMILES string of the molecule is CCCCNC(=O)C1(NC(=O)Cn2cnc3ccc(Br)cc3c2=O)CCCCC1. The fraction of sp³-hybridized carbons (Fsp3) is 0.524. The van der Waals surface area contributed by atoms with E-state index in [1.807, 2.05) is 6.07 Å². The lowest BCUT2D eigenvalue weighted by Gasteiger charge is -2.36. The van der Waals surface area contributed by atoms with Crippen LogP contribution < -0.4 is 16.2 Å². The molecule has 29 heavy (non-hydrogen) atoms. The first-order valence-electron chi connectivity index (χ1n) is 10.2. The highest BCUT2D eigenvalue weighted by molar-refractivity contribution is 9.10. The summed E-state index contributed by atoms with van der Waals surface area (Å²) in [7, 11) is 0. The quantitative estimate of drug-likeness (QED) is 0.618. The third kappa shape index (κ3) is 5.04. The van der Waals surface area contributed by atoms with Gasteiger partial charge in [-0.1, -0.05) is 48.5 Å². The van der Waals surface area contributed by atoms with E-state index >= 15 is 0 Å². The molecule has 0 spiro atoms. The Labute approximate surface area is 178 Å². The fourth-order valence-electron chi connectivity index (χ4n) is 3.82. The number of amides is 2. The lowest BCUT2D eigenvalue weighted by atomic mass is 9.80. The summed E-state index contributed by atoms with van der Waals surface area (Å²) < 4.78 is 2.06. The summed E-state index contributed by atoms with van der Waals surface area (Å²) in [4.78, 5) is 42.6. The molecular weight excluding hydrogens is 436 g/mol. The monoisotopic (exact) mass is 462 g/mol. The van der Waals surface area contributed by atoms with Crippen molar-refractivity contribution in [2.45, 2.75) is 64.0 Å². The van der Waals surface area contributed by atoms with Gasteiger partial charge in [0.25, 0.3) is 5.56 Å². The Morgan fingerprint density at radius 2 is 2.00 bits per heavy atom. The molecule has 1 heterocycles. The summed E-state index contributed by atoms with van der Waals surface area (Å²) in [6.45, 7) is 2.51. The molecule has 0 bridgehead atoms. The van der Waals surface area contributed by atoms with Crippen LogP contribution in [0.1, 0.15) is 51.9 Å². The molecule has 1 fully saturated rings. The second kappa shape index (κ2) is 9.52. The smallest absolute Gasteiger partial charge is 0.261 e. The average molecular weight is 463 g/mol. The van der Waals surface area contributed by atoms with Crippen LogP contribution in [0.25, 0.3) is 10.9 Å². The molecule has 1 aliphatic carbocycles. The Morgan fingerprint density at radius 3 is 2.72 bits per heavy atom. The summed E-state index contributed by atoms with van der Waals surface area (Å²) in [5.41, 5.74) is -0.592. The van der Waals surface area contributed by atoms with E-state index in [-0.39, 0.29) is 23.9 Å². The Hall–Kier alpha value is -2.22. The van der Waals surface area contributed by atoms with E-state index < -0.39 is 5.54 Å². The maximum Gasteiger partial charge on any atom is 0.261 e. The highest BCUT2D eigenvalue weighted by Gasteiger charge is 2.40. The lowest BCUT2D eigenvalue weighted by molar-refractivity contribution is -0.135. The van der Waals surface area contributed by atoms with Crippen LogP contribution in [-0.2, 0) is 16.1 Å². The number of hydrogen-bond donors (Lipinski definition) is 2. The van der Waals surface area contributed by atoms with Gasteiger partial charge in [-0.05, 0) is 37.5 Å². The van der Waals surface area contributed by atoms with Gasteiger partial charge in [-0.25, -0.2) is 4.98 Å². The zero-order valence-corrected chi connectivity index (χ0v) is 18.3. The van der Waals surface area contributed by atoms with E-state index in [0.29, 0.717) is 30.3 Å². The number of nitrogens with zero attached hydrogens (tertiary/aromatic N) is 2. The van der Waals surface area contributed by atoms with Crippen molar-refractivity contribution in [3.63, 3.8) is 0 Å². The minimum absolute atomic E-state index is 0.119. The number of aromatic nitrogens is 2. The van der Waals surface area contributed by atoms with E-state index in [1.165, 1.54) is 10.9 Å². The summed E-state index contributed by atoms with van der Waals surface area (Å²) in [5.74, 6) is -0.470. The normalized spacial score (nSPS) is 15.8. The third-order valence-electron chi connectivity index (χ3n) is 5.44. The van der Waals surface area contributed by atoms with Gasteiger partial charge in [0.1, 0.15) is 12.1 Å². The highest BCUT2D eigenvalue weighted by Crippen LogP contribution is 2.28. The molecule has 3 rings (SSSR count). The van der Waals surface area contributed by atoms with Gasteiger partial charge >= 0.3 is 0 Å². The molecule has 8 heteroatoms. The molecule has 156 valence electrons. The van der Waals surface area contributed by atoms with Crippen LogP contribution in [0, 0.1) is 0 Å². The first-order valence-corrected chi connectivity index (χ1v) is 11.0. The minimum atomic E-state index is -0.889. The number of hydrogen-bond acceptors (Lipinski definition) is 4. The van der Waals surface area contributed by atoms with E-state index in [0.717, 1.165) is 36.6 Å². The van der Waals surface area contributed by atoms with Crippen molar-refractivity contribution in [3.05, 3.63) is 39.4 Å². The van der Waals surface area contributed by atoms with Crippen LogP contribution in [0.3, 0.4) is 0 Å². The van der Waals surface area contributed by atoms with Gasteiger partial charge < -0.3 is 10.6 Å². The summed E-state index contributed by atoms with van der Waals surface area (Å²) in [5, 5.41) is 6.36. The van der Waals surface area contributed by atoms with Gasteiger partial charge in [-0.15, -0.1) is 0 Å². The van der Waals surface area contributed by atoms with Crippen molar-refractivity contribution in [3.8, 4) is 0 Å². The van der Waals surface area contributed by atoms with E-state index in [2.05, 4.69) is 38.5 Å². The number of carbonyl (C=O) groups excluding carboxylic acids is 2. The van der Waals surface area contributed by atoms with Crippen molar-refractivity contribution in [2.24, 2.45) is 0 Å². The Kier molecular flexibility index (Phi) is 7.05. The van der Waals surface area contributed by atoms with Crippen molar-refractivity contribution >= 4 is 38.6 Å². The van der Waals surface area contributed by atoms with Gasteiger partial charge in [-0.2, -0.15) is 0 Å². The molecule has 1 aromatic heterocycles. The van der Waals surface area contributed by atoms with Gasteiger partial charge in [0.05, 0.1) is 17.2 Å². The molecule has 0 saturated heterocycles. The van der Waals surface area contributed by atoms with Crippen molar-refractivity contribution in [1.82, 2.24) is 20.2 Å². The predicted octanol–water partition coefficient (Wildman–Crippen LogP) is 2.89. The maximum absolute atomic E-state index is 12.9. The average Bonchev–Trinajstić information content (AvgIpc) is 2.71. The zero-order chi connectivity index (χ0) is 20.9. The maximum atomic E-state index is 12.9. The predicted molar refractivity (Wildman–Crippen MR) is 116 cm³/mol. The van der Waals surface area contributed by atoms with Crippen molar-refractivity contribution < 1.29 is 9.59 Å². The first-order chi connectivity index (χ1) is 13.9. The molecule has 2 aromatic rings. The molecule has 0 aliphatic heterocycles. The van der Waals surface area contributed by atoms with E-state index in [9.17, 15) is 14.4 Å². The molecular formula is C21H27BrN4O3. The molecule has 2 amide bonds. The van der Waals surface area contributed by atoms with Crippen molar-refractivity contribution in [1.29, 1.82) is 0 Å². The summed E-state index contributed by atoms with van der Waals surface area (Å²) in [6.07, 6.45) is 7.37. The number of halogens is 1. The van der Waals surface area contributed by atoms with Crippen LogP contribution in [-0.4, -0.2) is 33.4 Å². The number of carbonyl (C=O) groups is 2. The number of nitrogens with one attached hydrogen (secondary N) is 2. The third-order valence-corrected chi connectivity index (χ3v) is 5.93. The van der Waals surface area contributed by atoms with Gasteiger partial charge in [0, 0.05) is 11.0 Å². The molecule has 1 saturated carbocycles. The number of unbranched alkanes of at least 4 members (excludes halogenated alkanes) is 1. The zero-order valence-electron chi connectivity index (χ0n) is 16.7. The number of rotatable bonds is 7. The molecule has 1 aromatic carbocycles. The summed E-state index contributed by atoms with van der Waals surface area (Å²) in [6, 6.07) is 5.27. The van der Waals surface area contributed by atoms with Crippen LogP contribution in [0.15, 0.2) is 33.8 Å². The Balaban J connectivity index is 1.76. The molecule has 0 atom stereocenters. The largest absolute Gasteiger partial charge is 0.354 e. The van der Waals surface area contributed by atoms with Crippen LogP contribution >= 0.6 is 15.9 Å². The Morgan fingerprint density at radius 1 is 1.24 bits per heavy atom. The second-order valence-electron chi connectivity index (χ2n) is 7.64. The van der Waals surface area contributed by atoms with E-state index in [1.54, 1.807) is 12.1 Å². The topological polar surface area (TPSA) is 93.1 Å². The molecule has 7 nitrogen and oxygen atoms in total. The standard InChI is InChI=1S/C21H27BrN4O3/c1-2-3-11-23-20(29)21(9-5-4-6-10-21)25-18(27)13-26-14-24-17-8-7-15(22)12-16(17)19(26)28/h7-8,12,14H,2-6,9-11,13H2,1H3,(H,23,29)(H,25,27). The Bertz CT molecular complexity index is 951. The van der Waals surface area contributed by atoms with Crippen LogP contribution in [0.4, 0.5) is 0 Å². The molecule has 0 unspecified atom stereocenters. The van der Waals surface area contributed by atoms with Crippen molar-refractivity contribution in [2.75, 3.05) is 6.54 Å².